The fourth-order valence-corrected chi connectivity index (χ4v) is 3.69. The van der Waals surface area contributed by atoms with Gasteiger partial charge in [-0.3, -0.25) is 4.79 Å². The molecule has 0 radical (unpaired) electrons. The van der Waals surface area contributed by atoms with E-state index in [1.54, 1.807) is 42.5 Å². The normalized spacial score (nSPS) is 11.5. The minimum atomic E-state index is -3.46. The van der Waals surface area contributed by atoms with Crippen molar-refractivity contribution in [3.8, 4) is 0 Å². The van der Waals surface area contributed by atoms with Crippen LogP contribution in [0.25, 0.3) is 10.8 Å². The number of aromatic nitrogens is 2. The molecule has 0 fully saturated rings. The lowest BCUT2D eigenvalue weighted by Crippen LogP contribution is -2.25. The van der Waals surface area contributed by atoms with E-state index in [2.05, 4.69) is 20.2 Å². The number of aromatic amines is 1. The lowest BCUT2D eigenvalue weighted by molar-refractivity contribution is 0.577. The number of rotatable bonds is 8. The fourth-order valence-electron chi connectivity index (χ4n) is 2.60. The van der Waals surface area contributed by atoms with Crippen LogP contribution < -0.4 is 15.6 Å². The van der Waals surface area contributed by atoms with Crippen LogP contribution in [0.1, 0.15) is 12.8 Å². The lowest BCUT2D eigenvalue weighted by Gasteiger charge is -2.09. The van der Waals surface area contributed by atoms with Crippen molar-refractivity contribution in [2.24, 2.45) is 0 Å². The first-order chi connectivity index (χ1) is 12.6. The number of nitrogens with zero attached hydrogens (tertiary/aromatic N) is 1. The molecule has 0 saturated heterocycles. The van der Waals surface area contributed by atoms with Crippen molar-refractivity contribution in [3.05, 3.63) is 65.0 Å². The Bertz CT molecular complexity index is 1030. The van der Waals surface area contributed by atoms with E-state index >= 15 is 0 Å². The molecule has 0 atom stereocenters. The minimum absolute atomic E-state index is 0.221. The van der Waals surface area contributed by atoms with Crippen molar-refractivity contribution in [1.82, 2.24) is 14.9 Å². The molecule has 0 aliphatic carbocycles. The number of fused-ring (bicyclic) bond motifs is 1. The van der Waals surface area contributed by atoms with E-state index in [1.807, 2.05) is 12.1 Å². The molecule has 8 heteroatoms. The third-order valence-electron chi connectivity index (χ3n) is 3.94. The molecular formula is C18H20N4O3S. The Kier molecular flexibility index (Phi) is 5.65. The molecule has 136 valence electrons. The van der Waals surface area contributed by atoms with Gasteiger partial charge in [-0.05, 0) is 31.0 Å². The highest BCUT2D eigenvalue weighted by atomic mass is 32.2. The standard InChI is InChI=1S/C18H20N4O3S/c23-18-16-11-5-4-10-15(16)17(21-22-18)19-12-6-7-13-20-26(24,25)14-8-2-1-3-9-14/h1-5,8-11,20H,6-7,12-13H2,(H,19,21)(H,22,23). The second kappa shape index (κ2) is 8.11. The summed E-state index contributed by atoms with van der Waals surface area (Å²) in [4.78, 5) is 12.0. The first-order valence-electron chi connectivity index (χ1n) is 8.34. The Morgan fingerprint density at radius 2 is 1.54 bits per heavy atom. The van der Waals surface area contributed by atoms with Crippen LogP contribution in [-0.4, -0.2) is 31.7 Å². The Hall–Kier alpha value is -2.71. The molecule has 0 saturated carbocycles. The van der Waals surface area contributed by atoms with Gasteiger partial charge in [-0.2, -0.15) is 5.10 Å². The van der Waals surface area contributed by atoms with E-state index in [0.717, 1.165) is 11.8 Å². The van der Waals surface area contributed by atoms with Gasteiger partial charge in [0.15, 0.2) is 5.82 Å². The molecule has 26 heavy (non-hydrogen) atoms. The number of hydrogen-bond acceptors (Lipinski definition) is 5. The number of benzene rings is 2. The molecule has 0 unspecified atom stereocenters. The number of unbranched alkanes of at least 4 members (excludes halogenated alkanes) is 1. The van der Waals surface area contributed by atoms with Crippen LogP contribution in [0.2, 0.25) is 0 Å². The molecule has 2 aromatic carbocycles. The van der Waals surface area contributed by atoms with Gasteiger partial charge >= 0.3 is 0 Å². The van der Waals surface area contributed by atoms with Gasteiger partial charge < -0.3 is 5.32 Å². The minimum Gasteiger partial charge on any atom is -0.368 e. The van der Waals surface area contributed by atoms with Crippen LogP contribution in [-0.2, 0) is 10.0 Å². The van der Waals surface area contributed by atoms with Gasteiger partial charge in [0, 0.05) is 18.5 Å². The summed E-state index contributed by atoms with van der Waals surface area (Å²) in [6.07, 6.45) is 1.44. The van der Waals surface area contributed by atoms with Crippen molar-refractivity contribution in [1.29, 1.82) is 0 Å². The number of H-pyrrole nitrogens is 1. The third kappa shape index (κ3) is 4.27. The largest absolute Gasteiger partial charge is 0.368 e. The smallest absolute Gasteiger partial charge is 0.272 e. The zero-order valence-corrected chi connectivity index (χ0v) is 14.9. The van der Waals surface area contributed by atoms with E-state index in [9.17, 15) is 13.2 Å². The summed E-state index contributed by atoms with van der Waals surface area (Å²) >= 11 is 0. The Labute approximate surface area is 151 Å². The Morgan fingerprint density at radius 1 is 0.885 bits per heavy atom. The van der Waals surface area contributed by atoms with Crippen LogP contribution in [0.15, 0.2) is 64.3 Å². The number of nitrogens with one attached hydrogen (secondary N) is 3. The average molecular weight is 372 g/mol. The van der Waals surface area contributed by atoms with Crippen LogP contribution in [0.5, 0.6) is 0 Å². The highest BCUT2D eigenvalue weighted by Gasteiger charge is 2.11. The molecule has 0 aliphatic heterocycles. The summed E-state index contributed by atoms with van der Waals surface area (Å²) in [5.74, 6) is 0.616. The van der Waals surface area contributed by atoms with Gasteiger partial charge in [-0.15, -0.1) is 0 Å². The molecular weight excluding hydrogens is 352 g/mol. The second-order valence-electron chi connectivity index (χ2n) is 5.79. The van der Waals surface area contributed by atoms with Crippen LogP contribution in [0, 0.1) is 0 Å². The molecule has 3 rings (SSSR count). The first kappa shape index (κ1) is 18.1. The van der Waals surface area contributed by atoms with Crippen molar-refractivity contribution < 1.29 is 8.42 Å². The van der Waals surface area contributed by atoms with Gasteiger partial charge in [-0.25, -0.2) is 18.2 Å². The van der Waals surface area contributed by atoms with Gasteiger partial charge in [-0.1, -0.05) is 36.4 Å². The molecule has 0 spiro atoms. The van der Waals surface area contributed by atoms with Gasteiger partial charge in [0.05, 0.1) is 10.3 Å². The first-order valence-corrected chi connectivity index (χ1v) is 9.82. The zero-order chi connectivity index (χ0) is 18.4. The van der Waals surface area contributed by atoms with Crippen LogP contribution in [0.3, 0.4) is 0 Å². The molecule has 3 aromatic rings. The number of sulfonamides is 1. The van der Waals surface area contributed by atoms with Crippen molar-refractivity contribution >= 4 is 26.6 Å². The SMILES string of the molecule is O=c1[nH]nc(NCCCCNS(=O)(=O)c2ccccc2)c2ccccc12. The highest BCUT2D eigenvalue weighted by molar-refractivity contribution is 7.89. The molecule has 0 bridgehead atoms. The topological polar surface area (TPSA) is 104 Å². The van der Waals surface area contributed by atoms with E-state index in [1.165, 1.54) is 0 Å². The average Bonchev–Trinajstić information content (AvgIpc) is 2.67. The molecule has 1 aromatic heterocycles. The zero-order valence-electron chi connectivity index (χ0n) is 14.1. The predicted octanol–water partition coefficient (Wildman–Crippen LogP) is 2.09. The lowest BCUT2D eigenvalue weighted by atomic mass is 10.2. The maximum atomic E-state index is 12.1. The second-order valence-corrected chi connectivity index (χ2v) is 7.56. The summed E-state index contributed by atoms with van der Waals surface area (Å²) in [6.45, 7) is 0.981. The monoisotopic (exact) mass is 372 g/mol. The summed E-state index contributed by atoms with van der Waals surface area (Å²) < 4.78 is 26.8. The fraction of sp³-hybridized carbons (Fsp3) is 0.222. The summed E-state index contributed by atoms with van der Waals surface area (Å²) in [5, 5.41) is 11.1. The maximum Gasteiger partial charge on any atom is 0.272 e. The predicted molar refractivity (Wildman–Crippen MR) is 102 cm³/mol. The van der Waals surface area contributed by atoms with E-state index in [4.69, 9.17) is 0 Å². The van der Waals surface area contributed by atoms with Crippen molar-refractivity contribution in [2.75, 3.05) is 18.4 Å². The van der Waals surface area contributed by atoms with Crippen molar-refractivity contribution in [3.63, 3.8) is 0 Å². The molecule has 0 amide bonds. The number of hydrogen-bond donors (Lipinski definition) is 3. The summed E-state index contributed by atoms with van der Waals surface area (Å²) in [5.41, 5.74) is -0.221. The Morgan fingerprint density at radius 3 is 2.31 bits per heavy atom. The van der Waals surface area contributed by atoms with Crippen LogP contribution in [0.4, 0.5) is 5.82 Å². The quantitative estimate of drug-likeness (QED) is 0.525. The van der Waals surface area contributed by atoms with Gasteiger partial charge in [0.2, 0.25) is 10.0 Å². The van der Waals surface area contributed by atoms with Crippen LogP contribution >= 0.6 is 0 Å². The molecule has 3 N–H and O–H groups in total. The highest BCUT2D eigenvalue weighted by Crippen LogP contribution is 2.16. The molecule has 7 nitrogen and oxygen atoms in total. The van der Waals surface area contributed by atoms with Crippen molar-refractivity contribution in [2.45, 2.75) is 17.7 Å². The van der Waals surface area contributed by atoms with E-state index < -0.39 is 10.0 Å². The van der Waals surface area contributed by atoms with Gasteiger partial charge in [0.1, 0.15) is 0 Å². The van der Waals surface area contributed by atoms with Gasteiger partial charge in [0.25, 0.3) is 5.56 Å². The Balaban J connectivity index is 1.48. The summed E-state index contributed by atoms with van der Waals surface area (Å²) in [7, 11) is -3.46. The molecule has 1 heterocycles. The molecule has 0 aliphatic rings. The number of anilines is 1. The third-order valence-corrected chi connectivity index (χ3v) is 5.41. The maximum absolute atomic E-state index is 12.1. The van der Waals surface area contributed by atoms with E-state index in [-0.39, 0.29) is 10.5 Å². The van der Waals surface area contributed by atoms with E-state index in [0.29, 0.717) is 30.7 Å². The summed E-state index contributed by atoms with van der Waals surface area (Å²) in [6, 6.07) is 15.5.